The number of alkyl halides is 3. The zero-order valence-electron chi connectivity index (χ0n) is 13.9. The molecule has 1 aromatic carbocycles. The Morgan fingerprint density at radius 1 is 1.26 bits per heavy atom. The lowest BCUT2D eigenvalue weighted by Gasteiger charge is -2.20. The second kappa shape index (κ2) is 8.08. The number of halogens is 3. The number of aliphatic imine (C=N–C) groups is 1. The van der Waals surface area contributed by atoms with Crippen molar-refractivity contribution in [3.05, 3.63) is 29.3 Å². The van der Waals surface area contributed by atoms with Gasteiger partial charge in [-0.3, -0.25) is 0 Å². The Bertz CT molecular complexity index is 538. The van der Waals surface area contributed by atoms with Crippen LogP contribution in [0.5, 0.6) is 5.75 Å². The van der Waals surface area contributed by atoms with Crippen LogP contribution in [0.3, 0.4) is 0 Å². The van der Waals surface area contributed by atoms with E-state index in [1.54, 1.807) is 18.7 Å². The Morgan fingerprint density at radius 2 is 1.87 bits per heavy atom. The minimum atomic E-state index is -4.47. The van der Waals surface area contributed by atoms with E-state index >= 15 is 0 Å². The molecule has 0 saturated carbocycles. The summed E-state index contributed by atoms with van der Waals surface area (Å²) in [5.74, 6) is 0.433. The Labute approximate surface area is 135 Å². The van der Waals surface area contributed by atoms with Crippen molar-refractivity contribution in [2.24, 2.45) is 10.7 Å². The highest BCUT2D eigenvalue weighted by molar-refractivity contribution is 5.78. The minimum absolute atomic E-state index is 0.0729. The van der Waals surface area contributed by atoms with Crippen LogP contribution in [0.4, 0.5) is 13.2 Å². The summed E-state index contributed by atoms with van der Waals surface area (Å²) in [6.07, 6.45) is -4.66. The van der Waals surface area contributed by atoms with Gasteiger partial charge < -0.3 is 15.4 Å². The van der Waals surface area contributed by atoms with E-state index in [9.17, 15) is 13.2 Å². The van der Waals surface area contributed by atoms with Gasteiger partial charge in [0.1, 0.15) is 5.75 Å². The molecule has 0 aliphatic heterocycles. The molecule has 0 saturated heterocycles. The third-order valence-electron chi connectivity index (χ3n) is 3.26. The van der Waals surface area contributed by atoms with Gasteiger partial charge in [-0.25, -0.2) is 4.99 Å². The Morgan fingerprint density at radius 3 is 2.35 bits per heavy atom. The van der Waals surface area contributed by atoms with E-state index in [1.165, 1.54) is 12.1 Å². The summed E-state index contributed by atoms with van der Waals surface area (Å²) >= 11 is 0. The second-order valence-electron chi connectivity index (χ2n) is 5.33. The molecule has 4 nitrogen and oxygen atoms in total. The summed E-state index contributed by atoms with van der Waals surface area (Å²) in [5.41, 5.74) is 5.14. The minimum Gasteiger partial charge on any atom is -0.491 e. The first-order chi connectivity index (χ1) is 10.7. The van der Waals surface area contributed by atoms with Gasteiger partial charge in [0.05, 0.1) is 18.2 Å². The number of rotatable bonds is 6. The molecule has 130 valence electrons. The lowest BCUT2D eigenvalue weighted by atomic mass is 10.1. The molecule has 0 fully saturated rings. The largest absolute Gasteiger partial charge is 0.491 e. The monoisotopic (exact) mass is 331 g/mol. The van der Waals surface area contributed by atoms with Crippen molar-refractivity contribution in [1.29, 1.82) is 0 Å². The van der Waals surface area contributed by atoms with Crippen LogP contribution in [0.25, 0.3) is 0 Å². The van der Waals surface area contributed by atoms with Crippen LogP contribution in [-0.2, 0) is 12.7 Å². The molecule has 0 aliphatic rings. The predicted octanol–water partition coefficient (Wildman–Crippen LogP) is 3.65. The van der Waals surface area contributed by atoms with Crippen molar-refractivity contribution < 1.29 is 17.9 Å². The zero-order chi connectivity index (χ0) is 17.6. The Hall–Kier alpha value is -1.92. The number of hydrogen-bond acceptors (Lipinski definition) is 2. The van der Waals surface area contributed by atoms with Crippen molar-refractivity contribution in [2.45, 2.75) is 46.5 Å². The van der Waals surface area contributed by atoms with Gasteiger partial charge in [0, 0.05) is 13.1 Å². The first-order valence-corrected chi connectivity index (χ1v) is 7.60. The number of guanidine groups is 1. The van der Waals surface area contributed by atoms with Crippen LogP contribution in [-0.4, -0.2) is 30.1 Å². The highest BCUT2D eigenvalue weighted by Gasteiger charge is 2.33. The summed E-state index contributed by atoms with van der Waals surface area (Å²) in [5, 5.41) is 0. The predicted molar refractivity (Wildman–Crippen MR) is 85.5 cm³/mol. The summed E-state index contributed by atoms with van der Waals surface area (Å²) in [6, 6.07) is 3.92. The highest BCUT2D eigenvalue weighted by atomic mass is 19.4. The first kappa shape index (κ1) is 19.1. The number of nitrogens with two attached hydrogens (primary N) is 1. The van der Waals surface area contributed by atoms with Gasteiger partial charge in [0.15, 0.2) is 5.96 Å². The summed E-state index contributed by atoms with van der Waals surface area (Å²) in [6.45, 7) is 8.51. The number of nitrogens with zero attached hydrogens (tertiary/aromatic N) is 2. The standard InChI is InChI=1S/C16H24F3N3O/c1-5-22(6-2)15(20)21-10-12-7-8-13(23-11(3)4)9-14(12)16(17,18)19/h7-9,11H,5-6,10H2,1-4H3,(H2,20,21). The molecular formula is C16H24F3N3O. The molecule has 23 heavy (non-hydrogen) atoms. The number of ether oxygens (including phenoxy) is 1. The average Bonchev–Trinajstić information content (AvgIpc) is 2.45. The van der Waals surface area contributed by atoms with E-state index < -0.39 is 11.7 Å². The van der Waals surface area contributed by atoms with Gasteiger partial charge in [0.25, 0.3) is 0 Å². The van der Waals surface area contributed by atoms with Crippen LogP contribution in [0.2, 0.25) is 0 Å². The molecule has 1 aromatic rings. The van der Waals surface area contributed by atoms with E-state index in [2.05, 4.69) is 4.99 Å². The van der Waals surface area contributed by atoms with E-state index in [0.717, 1.165) is 6.07 Å². The van der Waals surface area contributed by atoms with Crippen molar-refractivity contribution in [1.82, 2.24) is 4.90 Å². The third kappa shape index (κ3) is 5.65. The van der Waals surface area contributed by atoms with Crippen molar-refractivity contribution in [3.63, 3.8) is 0 Å². The Balaban J connectivity index is 3.08. The maximum atomic E-state index is 13.2. The van der Waals surface area contributed by atoms with Crippen molar-refractivity contribution in [2.75, 3.05) is 13.1 Å². The van der Waals surface area contributed by atoms with Gasteiger partial charge in [-0.05, 0) is 45.4 Å². The smallest absolute Gasteiger partial charge is 0.416 e. The maximum Gasteiger partial charge on any atom is 0.416 e. The number of benzene rings is 1. The van der Waals surface area contributed by atoms with E-state index in [4.69, 9.17) is 10.5 Å². The summed E-state index contributed by atoms with van der Waals surface area (Å²) in [7, 11) is 0. The van der Waals surface area contributed by atoms with Gasteiger partial charge >= 0.3 is 6.18 Å². The van der Waals surface area contributed by atoms with Gasteiger partial charge in [0.2, 0.25) is 0 Å². The lowest BCUT2D eigenvalue weighted by molar-refractivity contribution is -0.138. The number of hydrogen-bond donors (Lipinski definition) is 1. The molecule has 0 heterocycles. The molecule has 0 spiro atoms. The SMILES string of the molecule is CCN(CC)C(N)=NCc1ccc(OC(C)C)cc1C(F)(F)F. The summed E-state index contributed by atoms with van der Waals surface area (Å²) in [4.78, 5) is 5.86. The maximum absolute atomic E-state index is 13.2. The molecule has 0 amide bonds. The molecule has 2 N–H and O–H groups in total. The van der Waals surface area contributed by atoms with Crippen LogP contribution >= 0.6 is 0 Å². The second-order valence-corrected chi connectivity index (χ2v) is 5.33. The van der Waals surface area contributed by atoms with Crippen LogP contribution in [0, 0.1) is 0 Å². The molecule has 0 bridgehead atoms. The topological polar surface area (TPSA) is 50.8 Å². The average molecular weight is 331 g/mol. The summed E-state index contributed by atoms with van der Waals surface area (Å²) < 4.78 is 45.0. The van der Waals surface area contributed by atoms with Crippen molar-refractivity contribution in [3.8, 4) is 5.75 Å². The first-order valence-electron chi connectivity index (χ1n) is 7.60. The molecule has 0 atom stereocenters. The quantitative estimate of drug-likeness (QED) is 0.639. The lowest BCUT2D eigenvalue weighted by Crippen LogP contribution is -2.37. The van der Waals surface area contributed by atoms with Crippen LogP contribution < -0.4 is 10.5 Å². The Kier molecular flexibility index (Phi) is 6.72. The molecule has 7 heteroatoms. The molecule has 0 radical (unpaired) electrons. The van der Waals surface area contributed by atoms with Gasteiger partial charge in [-0.2, -0.15) is 13.2 Å². The molecule has 1 rings (SSSR count). The van der Waals surface area contributed by atoms with Gasteiger partial charge in [-0.15, -0.1) is 0 Å². The fourth-order valence-electron chi connectivity index (χ4n) is 2.12. The molecule has 0 aromatic heterocycles. The third-order valence-corrected chi connectivity index (χ3v) is 3.26. The highest BCUT2D eigenvalue weighted by Crippen LogP contribution is 2.35. The van der Waals surface area contributed by atoms with E-state index in [0.29, 0.717) is 13.1 Å². The molecular weight excluding hydrogens is 307 g/mol. The fraction of sp³-hybridized carbons (Fsp3) is 0.562. The van der Waals surface area contributed by atoms with E-state index in [-0.39, 0.29) is 29.9 Å². The van der Waals surface area contributed by atoms with Crippen molar-refractivity contribution >= 4 is 5.96 Å². The molecule has 0 unspecified atom stereocenters. The fourth-order valence-corrected chi connectivity index (χ4v) is 2.12. The normalized spacial score (nSPS) is 12.6. The zero-order valence-corrected chi connectivity index (χ0v) is 13.9. The molecule has 0 aliphatic carbocycles. The van der Waals surface area contributed by atoms with Crippen LogP contribution in [0.15, 0.2) is 23.2 Å². The van der Waals surface area contributed by atoms with Crippen LogP contribution in [0.1, 0.15) is 38.8 Å². The van der Waals surface area contributed by atoms with E-state index in [1.807, 2.05) is 13.8 Å². The van der Waals surface area contributed by atoms with Gasteiger partial charge in [-0.1, -0.05) is 6.07 Å².